The minimum Gasteiger partial charge on any atom is -0.489 e. The average molecular weight is 362 g/mol. The number of ether oxygens (including phenoxy) is 1. The molecule has 0 unspecified atom stereocenters. The molecule has 27 heavy (non-hydrogen) atoms. The standard InChI is InChI=1S/C20H16N2O3.C2H6/c1-14-12-25-19-9-17(7-8-18(19)20(14)23)24-13-15-10-21-22(11-15)16-5-3-2-4-6-16;1-2/h2-12H,13H2,1H3;1-2H3. The third kappa shape index (κ3) is 4.08. The van der Waals surface area contributed by atoms with Crippen molar-refractivity contribution in [2.24, 2.45) is 0 Å². The lowest BCUT2D eigenvalue weighted by atomic mass is 10.2. The van der Waals surface area contributed by atoms with Gasteiger partial charge in [0.25, 0.3) is 0 Å². The molecule has 0 N–H and O–H groups in total. The van der Waals surface area contributed by atoms with E-state index in [1.807, 2.05) is 50.4 Å². The maximum absolute atomic E-state index is 12.0. The summed E-state index contributed by atoms with van der Waals surface area (Å²) in [5.41, 5.74) is 3.05. The van der Waals surface area contributed by atoms with Crippen LogP contribution in [0.15, 0.2) is 76.4 Å². The predicted molar refractivity (Wildman–Crippen MR) is 106 cm³/mol. The van der Waals surface area contributed by atoms with E-state index in [2.05, 4.69) is 5.10 Å². The van der Waals surface area contributed by atoms with Crippen LogP contribution in [-0.4, -0.2) is 9.78 Å². The highest BCUT2D eigenvalue weighted by atomic mass is 16.5. The van der Waals surface area contributed by atoms with Crippen molar-refractivity contribution in [3.63, 3.8) is 0 Å². The zero-order chi connectivity index (χ0) is 19.2. The molecule has 0 saturated carbocycles. The van der Waals surface area contributed by atoms with Gasteiger partial charge in [0, 0.05) is 23.4 Å². The van der Waals surface area contributed by atoms with Gasteiger partial charge in [-0.2, -0.15) is 5.10 Å². The van der Waals surface area contributed by atoms with E-state index >= 15 is 0 Å². The van der Waals surface area contributed by atoms with Crippen molar-refractivity contribution in [3.8, 4) is 11.4 Å². The van der Waals surface area contributed by atoms with Crippen LogP contribution in [0.3, 0.4) is 0 Å². The number of hydrogen-bond donors (Lipinski definition) is 0. The lowest BCUT2D eigenvalue weighted by Crippen LogP contribution is -2.04. The molecular formula is C22H22N2O3. The third-order valence-electron chi connectivity index (χ3n) is 3.98. The molecule has 2 aromatic heterocycles. The first kappa shape index (κ1) is 18.5. The molecule has 5 heteroatoms. The van der Waals surface area contributed by atoms with E-state index in [1.165, 1.54) is 6.26 Å². The number of benzene rings is 2. The van der Waals surface area contributed by atoms with Crippen molar-refractivity contribution in [1.82, 2.24) is 9.78 Å². The van der Waals surface area contributed by atoms with Gasteiger partial charge in [0.15, 0.2) is 5.43 Å². The third-order valence-corrected chi connectivity index (χ3v) is 3.98. The molecule has 0 saturated heterocycles. The van der Waals surface area contributed by atoms with E-state index in [1.54, 1.807) is 36.0 Å². The van der Waals surface area contributed by atoms with Crippen molar-refractivity contribution in [1.29, 1.82) is 0 Å². The van der Waals surface area contributed by atoms with Crippen molar-refractivity contribution in [3.05, 3.63) is 88.5 Å². The van der Waals surface area contributed by atoms with E-state index in [-0.39, 0.29) is 5.43 Å². The molecule has 0 aliphatic carbocycles. The van der Waals surface area contributed by atoms with E-state index in [4.69, 9.17) is 9.15 Å². The van der Waals surface area contributed by atoms with Crippen LogP contribution in [0, 0.1) is 6.92 Å². The van der Waals surface area contributed by atoms with Gasteiger partial charge in [-0.1, -0.05) is 32.0 Å². The van der Waals surface area contributed by atoms with Crippen LogP contribution in [-0.2, 0) is 6.61 Å². The predicted octanol–water partition coefficient (Wildman–Crippen LogP) is 4.89. The first-order valence-corrected chi connectivity index (χ1v) is 8.95. The van der Waals surface area contributed by atoms with Crippen molar-refractivity contribution < 1.29 is 9.15 Å². The van der Waals surface area contributed by atoms with Crippen LogP contribution in [0.2, 0.25) is 0 Å². The second kappa shape index (κ2) is 8.36. The number of nitrogens with zero attached hydrogens (tertiary/aromatic N) is 2. The second-order valence-corrected chi connectivity index (χ2v) is 5.82. The van der Waals surface area contributed by atoms with E-state index < -0.39 is 0 Å². The first-order chi connectivity index (χ1) is 13.2. The summed E-state index contributed by atoms with van der Waals surface area (Å²) >= 11 is 0. The Morgan fingerprint density at radius 2 is 1.89 bits per heavy atom. The SMILES string of the molecule is CC.Cc1coc2cc(OCc3cnn(-c4ccccc4)c3)ccc2c1=O. The summed E-state index contributed by atoms with van der Waals surface area (Å²) in [5.74, 6) is 0.645. The Labute approximate surface area is 157 Å². The fraction of sp³-hybridized carbons (Fsp3) is 0.182. The minimum absolute atomic E-state index is 0.0167. The molecular weight excluding hydrogens is 340 g/mol. The Balaban J connectivity index is 0.00000102. The van der Waals surface area contributed by atoms with Crippen molar-refractivity contribution in [2.45, 2.75) is 27.4 Å². The number of para-hydroxylation sites is 1. The van der Waals surface area contributed by atoms with Gasteiger partial charge in [0.05, 0.1) is 23.5 Å². The van der Waals surface area contributed by atoms with Crippen LogP contribution >= 0.6 is 0 Å². The van der Waals surface area contributed by atoms with E-state index in [9.17, 15) is 4.79 Å². The summed E-state index contributed by atoms with van der Waals surface area (Å²) in [5, 5.41) is 4.91. The van der Waals surface area contributed by atoms with Gasteiger partial charge in [0.2, 0.25) is 0 Å². The Morgan fingerprint density at radius 3 is 2.67 bits per heavy atom. The van der Waals surface area contributed by atoms with E-state index in [0.717, 1.165) is 11.3 Å². The van der Waals surface area contributed by atoms with E-state index in [0.29, 0.717) is 28.9 Å². The average Bonchev–Trinajstić information content (AvgIpc) is 3.20. The van der Waals surface area contributed by atoms with Crippen LogP contribution in [0.25, 0.3) is 16.7 Å². The molecule has 0 fully saturated rings. The topological polar surface area (TPSA) is 57.3 Å². The van der Waals surface area contributed by atoms with Gasteiger partial charge < -0.3 is 9.15 Å². The fourth-order valence-corrected chi connectivity index (χ4v) is 2.62. The highest BCUT2D eigenvalue weighted by Crippen LogP contribution is 2.20. The Kier molecular flexibility index (Phi) is 5.71. The summed E-state index contributed by atoms with van der Waals surface area (Å²) in [4.78, 5) is 12.0. The lowest BCUT2D eigenvalue weighted by molar-refractivity contribution is 0.306. The van der Waals surface area contributed by atoms with Gasteiger partial charge in [-0.05, 0) is 31.2 Å². The maximum Gasteiger partial charge on any atom is 0.195 e. The zero-order valence-corrected chi connectivity index (χ0v) is 15.7. The van der Waals surface area contributed by atoms with Crippen molar-refractivity contribution >= 4 is 11.0 Å². The molecule has 0 amide bonds. The van der Waals surface area contributed by atoms with Gasteiger partial charge >= 0.3 is 0 Å². The maximum atomic E-state index is 12.0. The van der Waals surface area contributed by atoms with Crippen molar-refractivity contribution in [2.75, 3.05) is 0 Å². The number of hydrogen-bond acceptors (Lipinski definition) is 4. The van der Waals surface area contributed by atoms with Crippen LogP contribution in [0.1, 0.15) is 25.0 Å². The monoisotopic (exact) mass is 362 g/mol. The summed E-state index contributed by atoms with van der Waals surface area (Å²) in [6, 6.07) is 15.1. The summed E-state index contributed by atoms with van der Waals surface area (Å²) in [6.45, 7) is 6.12. The molecule has 2 heterocycles. The molecule has 0 bridgehead atoms. The molecule has 0 spiro atoms. The number of aromatic nitrogens is 2. The number of aryl methyl sites for hydroxylation is 1. The Bertz CT molecular complexity index is 1080. The lowest BCUT2D eigenvalue weighted by Gasteiger charge is -2.05. The summed E-state index contributed by atoms with van der Waals surface area (Å²) in [6.07, 6.45) is 5.18. The number of rotatable bonds is 4. The highest BCUT2D eigenvalue weighted by molar-refractivity contribution is 5.78. The Morgan fingerprint density at radius 1 is 1.11 bits per heavy atom. The normalized spacial score (nSPS) is 10.3. The van der Waals surface area contributed by atoms with Crippen LogP contribution in [0.4, 0.5) is 0 Å². The van der Waals surface area contributed by atoms with Crippen LogP contribution < -0.4 is 10.2 Å². The minimum atomic E-state index is -0.0167. The fourth-order valence-electron chi connectivity index (χ4n) is 2.62. The summed E-state index contributed by atoms with van der Waals surface area (Å²) in [7, 11) is 0. The first-order valence-electron chi connectivity index (χ1n) is 8.95. The zero-order valence-electron chi connectivity index (χ0n) is 15.7. The highest BCUT2D eigenvalue weighted by Gasteiger charge is 2.06. The molecule has 0 radical (unpaired) electrons. The van der Waals surface area contributed by atoms with Gasteiger partial charge in [-0.15, -0.1) is 0 Å². The smallest absolute Gasteiger partial charge is 0.195 e. The molecule has 138 valence electrons. The molecule has 4 rings (SSSR count). The molecule has 0 aliphatic heterocycles. The quantitative estimate of drug-likeness (QED) is 0.518. The number of fused-ring (bicyclic) bond motifs is 1. The summed E-state index contributed by atoms with van der Waals surface area (Å²) < 4.78 is 13.1. The molecule has 0 aliphatic rings. The Hall–Kier alpha value is -3.34. The molecule has 4 aromatic rings. The van der Waals surface area contributed by atoms with Gasteiger partial charge in [-0.3, -0.25) is 4.79 Å². The van der Waals surface area contributed by atoms with Gasteiger partial charge in [-0.25, -0.2) is 4.68 Å². The molecule has 2 aromatic carbocycles. The molecule has 5 nitrogen and oxygen atoms in total. The second-order valence-electron chi connectivity index (χ2n) is 5.82. The van der Waals surface area contributed by atoms with Gasteiger partial charge in [0.1, 0.15) is 17.9 Å². The molecule has 0 atom stereocenters. The van der Waals surface area contributed by atoms with Crippen LogP contribution in [0.5, 0.6) is 5.75 Å². The largest absolute Gasteiger partial charge is 0.489 e.